The van der Waals surface area contributed by atoms with Crippen molar-refractivity contribution in [3.05, 3.63) is 0 Å². The maximum Gasteiger partial charge on any atom is 0.326 e. The van der Waals surface area contributed by atoms with Crippen LogP contribution >= 0.6 is 0 Å². The number of carboxylic acid groups (broad SMARTS) is 1. The molecule has 6 heteroatoms. The molecule has 0 heterocycles. The van der Waals surface area contributed by atoms with E-state index in [4.69, 9.17) is 10.8 Å². The standard InChI is InChI=1S/C13H26N2O4/c1-7(2)5-9(14)11(16)12(17)15-10(13(18)19)6-8(3)4/h7-11,16H,5-6,14H2,1-4H3,(H,15,17)(H,18,19)/t9?,10-,11?/m0/s1. The van der Waals surface area contributed by atoms with Crippen molar-refractivity contribution >= 4 is 11.9 Å². The highest BCUT2D eigenvalue weighted by atomic mass is 16.4. The summed E-state index contributed by atoms with van der Waals surface area (Å²) in [7, 11) is 0. The summed E-state index contributed by atoms with van der Waals surface area (Å²) in [6.07, 6.45) is -0.569. The molecule has 0 saturated carbocycles. The second-order valence-corrected chi connectivity index (χ2v) is 5.77. The lowest BCUT2D eigenvalue weighted by Crippen LogP contribution is -2.51. The van der Waals surface area contributed by atoms with Crippen molar-refractivity contribution in [3.8, 4) is 0 Å². The highest BCUT2D eigenvalue weighted by molar-refractivity contribution is 5.86. The summed E-state index contributed by atoms with van der Waals surface area (Å²) in [5.74, 6) is -1.45. The van der Waals surface area contributed by atoms with Crippen molar-refractivity contribution < 1.29 is 19.8 Å². The number of carbonyl (C=O) groups is 2. The lowest BCUT2D eigenvalue weighted by atomic mass is 9.98. The summed E-state index contributed by atoms with van der Waals surface area (Å²) in [6, 6.07) is -1.68. The van der Waals surface area contributed by atoms with Gasteiger partial charge in [0, 0.05) is 6.04 Å². The summed E-state index contributed by atoms with van der Waals surface area (Å²) < 4.78 is 0. The van der Waals surface area contributed by atoms with Gasteiger partial charge in [-0.25, -0.2) is 4.79 Å². The average molecular weight is 274 g/mol. The van der Waals surface area contributed by atoms with E-state index < -0.39 is 30.1 Å². The fourth-order valence-electron chi connectivity index (χ4n) is 1.82. The number of aliphatic carboxylic acids is 1. The molecule has 0 bridgehead atoms. The number of amides is 1. The molecule has 0 aromatic carbocycles. The first-order valence-corrected chi connectivity index (χ1v) is 6.62. The van der Waals surface area contributed by atoms with Crippen LogP contribution in [0.5, 0.6) is 0 Å². The van der Waals surface area contributed by atoms with Crippen LogP contribution in [0.25, 0.3) is 0 Å². The molecule has 2 unspecified atom stereocenters. The van der Waals surface area contributed by atoms with Gasteiger partial charge in [0.05, 0.1) is 0 Å². The first-order valence-electron chi connectivity index (χ1n) is 6.62. The summed E-state index contributed by atoms with van der Waals surface area (Å²) >= 11 is 0. The van der Waals surface area contributed by atoms with Crippen LogP contribution in [0.3, 0.4) is 0 Å². The minimum Gasteiger partial charge on any atom is -0.480 e. The zero-order chi connectivity index (χ0) is 15.2. The number of carboxylic acids is 1. The number of rotatable bonds is 8. The minimum atomic E-state index is -1.38. The summed E-state index contributed by atoms with van der Waals surface area (Å²) in [5.41, 5.74) is 5.71. The molecule has 0 aliphatic rings. The first-order chi connectivity index (χ1) is 8.65. The van der Waals surface area contributed by atoms with Crippen molar-refractivity contribution in [3.63, 3.8) is 0 Å². The molecule has 19 heavy (non-hydrogen) atoms. The third-order valence-corrected chi connectivity index (χ3v) is 2.74. The van der Waals surface area contributed by atoms with Crippen molar-refractivity contribution in [2.24, 2.45) is 17.6 Å². The Morgan fingerprint density at radius 2 is 1.58 bits per heavy atom. The predicted molar refractivity (Wildman–Crippen MR) is 72.5 cm³/mol. The van der Waals surface area contributed by atoms with Crippen molar-refractivity contribution in [2.75, 3.05) is 0 Å². The molecule has 0 aliphatic carbocycles. The Labute approximate surface area is 114 Å². The third kappa shape index (κ3) is 7.12. The Bertz CT molecular complexity index is 305. The highest BCUT2D eigenvalue weighted by Gasteiger charge is 2.28. The highest BCUT2D eigenvalue weighted by Crippen LogP contribution is 2.08. The maximum atomic E-state index is 11.8. The smallest absolute Gasteiger partial charge is 0.326 e. The molecular weight excluding hydrogens is 248 g/mol. The van der Waals surface area contributed by atoms with Gasteiger partial charge in [-0.3, -0.25) is 4.79 Å². The molecule has 0 aliphatic heterocycles. The Hall–Kier alpha value is -1.14. The third-order valence-electron chi connectivity index (χ3n) is 2.74. The first kappa shape index (κ1) is 17.9. The zero-order valence-electron chi connectivity index (χ0n) is 12.1. The molecule has 1 amide bonds. The number of nitrogens with one attached hydrogen (secondary N) is 1. The zero-order valence-corrected chi connectivity index (χ0v) is 12.1. The van der Waals surface area contributed by atoms with Crippen LogP contribution in [-0.2, 0) is 9.59 Å². The number of carbonyl (C=O) groups excluding carboxylic acids is 1. The predicted octanol–water partition coefficient (Wildman–Crippen LogP) is 0.336. The molecule has 0 fully saturated rings. The fraction of sp³-hybridized carbons (Fsp3) is 0.846. The molecule has 0 aromatic heterocycles. The monoisotopic (exact) mass is 274 g/mol. The van der Waals surface area contributed by atoms with Crippen LogP contribution in [0, 0.1) is 11.8 Å². The number of hydrogen-bond donors (Lipinski definition) is 4. The van der Waals surface area contributed by atoms with E-state index in [1.807, 2.05) is 27.7 Å². The van der Waals surface area contributed by atoms with Gasteiger partial charge in [0.25, 0.3) is 5.91 Å². The van der Waals surface area contributed by atoms with E-state index in [1.54, 1.807) is 0 Å². The van der Waals surface area contributed by atoms with Gasteiger partial charge in [0.2, 0.25) is 0 Å². The normalized spacial score (nSPS) is 16.2. The summed E-state index contributed by atoms with van der Waals surface area (Å²) in [6.45, 7) is 7.60. The Kier molecular flexibility index (Phi) is 7.63. The molecule has 0 aromatic rings. The number of aliphatic hydroxyl groups excluding tert-OH is 1. The van der Waals surface area contributed by atoms with Gasteiger partial charge >= 0.3 is 5.97 Å². The van der Waals surface area contributed by atoms with Crippen molar-refractivity contribution in [1.82, 2.24) is 5.32 Å². The molecule has 0 radical (unpaired) electrons. The average Bonchev–Trinajstić information content (AvgIpc) is 2.25. The van der Waals surface area contributed by atoms with E-state index in [9.17, 15) is 14.7 Å². The van der Waals surface area contributed by atoms with Gasteiger partial charge in [-0.1, -0.05) is 27.7 Å². The lowest BCUT2D eigenvalue weighted by molar-refractivity contribution is -0.144. The van der Waals surface area contributed by atoms with Crippen LogP contribution in [0.2, 0.25) is 0 Å². The molecule has 0 saturated heterocycles. The minimum absolute atomic E-state index is 0.128. The van der Waals surface area contributed by atoms with Crippen LogP contribution in [0.4, 0.5) is 0 Å². The number of hydrogen-bond acceptors (Lipinski definition) is 4. The van der Waals surface area contributed by atoms with Gasteiger partial charge in [0.1, 0.15) is 12.1 Å². The molecule has 0 rings (SSSR count). The molecule has 5 N–H and O–H groups in total. The quantitative estimate of drug-likeness (QED) is 0.509. The molecule has 6 nitrogen and oxygen atoms in total. The molecular formula is C13H26N2O4. The second kappa shape index (κ2) is 8.12. The second-order valence-electron chi connectivity index (χ2n) is 5.77. The van der Waals surface area contributed by atoms with Crippen LogP contribution in [0.1, 0.15) is 40.5 Å². The molecule has 0 spiro atoms. The van der Waals surface area contributed by atoms with Gasteiger partial charge in [-0.2, -0.15) is 0 Å². The van der Waals surface area contributed by atoms with Crippen LogP contribution in [0.15, 0.2) is 0 Å². The number of aliphatic hydroxyl groups is 1. The van der Waals surface area contributed by atoms with Crippen LogP contribution < -0.4 is 11.1 Å². The Morgan fingerprint density at radius 3 is 1.95 bits per heavy atom. The van der Waals surface area contributed by atoms with E-state index in [0.717, 1.165) is 0 Å². The van der Waals surface area contributed by atoms with Gasteiger partial charge in [-0.05, 0) is 24.7 Å². The van der Waals surface area contributed by atoms with E-state index in [-0.39, 0.29) is 11.8 Å². The van der Waals surface area contributed by atoms with E-state index in [1.165, 1.54) is 0 Å². The van der Waals surface area contributed by atoms with Gasteiger partial charge in [0.15, 0.2) is 0 Å². The van der Waals surface area contributed by atoms with E-state index >= 15 is 0 Å². The van der Waals surface area contributed by atoms with Crippen molar-refractivity contribution in [1.29, 1.82) is 0 Å². The van der Waals surface area contributed by atoms with Crippen LogP contribution in [-0.4, -0.2) is 40.3 Å². The Morgan fingerprint density at radius 1 is 1.11 bits per heavy atom. The van der Waals surface area contributed by atoms with E-state index in [2.05, 4.69) is 5.32 Å². The maximum absolute atomic E-state index is 11.8. The molecule has 112 valence electrons. The Balaban J connectivity index is 4.50. The van der Waals surface area contributed by atoms with E-state index in [0.29, 0.717) is 12.8 Å². The topological polar surface area (TPSA) is 113 Å². The summed E-state index contributed by atoms with van der Waals surface area (Å²) in [4.78, 5) is 22.8. The SMILES string of the molecule is CC(C)CC(N)C(O)C(=O)N[C@@H](CC(C)C)C(=O)O. The van der Waals surface area contributed by atoms with Gasteiger partial charge in [-0.15, -0.1) is 0 Å². The van der Waals surface area contributed by atoms with Gasteiger partial charge < -0.3 is 21.3 Å². The summed E-state index contributed by atoms with van der Waals surface area (Å²) in [5, 5.41) is 21.1. The largest absolute Gasteiger partial charge is 0.480 e. The molecule has 3 atom stereocenters. The lowest BCUT2D eigenvalue weighted by Gasteiger charge is -2.23. The van der Waals surface area contributed by atoms with Crippen molar-refractivity contribution in [2.45, 2.75) is 58.7 Å². The fourth-order valence-corrected chi connectivity index (χ4v) is 1.82. The number of nitrogens with two attached hydrogens (primary N) is 1.